The zero-order valence-corrected chi connectivity index (χ0v) is 14.2. The molecule has 120 valence electrons. The molecule has 4 nitrogen and oxygen atoms in total. The smallest absolute Gasteiger partial charge is 0.127 e. The average Bonchev–Trinajstić information content (AvgIpc) is 2.54. The number of hydrogen-bond acceptors (Lipinski definition) is 4. The van der Waals surface area contributed by atoms with E-state index in [2.05, 4.69) is 19.2 Å². The van der Waals surface area contributed by atoms with Crippen molar-refractivity contribution in [2.75, 3.05) is 27.9 Å². The van der Waals surface area contributed by atoms with Crippen LogP contribution in [0, 0.1) is 0 Å². The average molecular weight is 295 g/mol. The van der Waals surface area contributed by atoms with Gasteiger partial charge in [0.05, 0.1) is 31.4 Å². The summed E-state index contributed by atoms with van der Waals surface area (Å²) in [6.45, 7) is 7.03. The van der Waals surface area contributed by atoms with E-state index in [-0.39, 0.29) is 11.6 Å². The van der Waals surface area contributed by atoms with Gasteiger partial charge in [0.25, 0.3) is 0 Å². The lowest BCUT2D eigenvalue weighted by molar-refractivity contribution is -0.0725. The Bertz CT molecular complexity index is 408. The predicted octanol–water partition coefficient (Wildman–Crippen LogP) is 3.56. The largest absolute Gasteiger partial charge is 0.496 e. The number of likely N-dealkylation sites (N-methyl/N-ethyl adjacent to an activating group) is 1. The zero-order chi connectivity index (χ0) is 15.9. The molecule has 0 aromatic heterocycles. The van der Waals surface area contributed by atoms with Crippen LogP contribution >= 0.6 is 0 Å². The minimum atomic E-state index is -0.286. The van der Waals surface area contributed by atoms with Gasteiger partial charge in [0.15, 0.2) is 0 Å². The van der Waals surface area contributed by atoms with Crippen LogP contribution < -0.4 is 14.8 Å². The molecule has 0 radical (unpaired) electrons. The van der Waals surface area contributed by atoms with Gasteiger partial charge in [0, 0.05) is 6.61 Å². The molecule has 21 heavy (non-hydrogen) atoms. The van der Waals surface area contributed by atoms with E-state index in [1.54, 1.807) is 14.2 Å². The first-order valence-corrected chi connectivity index (χ1v) is 7.66. The van der Waals surface area contributed by atoms with Crippen LogP contribution in [0.1, 0.15) is 45.2 Å². The summed E-state index contributed by atoms with van der Waals surface area (Å²) >= 11 is 0. The van der Waals surface area contributed by atoms with Crippen molar-refractivity contribution >= 4 is 0 Å². The van der Waals surface area contributed by atoms with Crippen molar-refractivity contribution in [3.05, 3.63) is 23.8 Å². The van der Waals surface area contributed by atoms with Gasteiger partial charge in [-0.05, 0) is 38.9 Å². The van der Waals surface area contributed by atoms with Crippen LogP contribution in [0.25, 0.3) is 0 Å². The first-order chi connectivity index (χ1) is 10.1. The Kier molecular flexibility index (Phi) is 6.99. The molecule has 0 bridgehead atoms. The number of ether oxygens (including phenoxy) is 3. The molecule has 1 unspecified atom stereocenters. The number of benzene rings is 1. The Morgan fingerprint density at radius 1 is 1.05 bits per heavy atom. The second-order valence-corrected chi connectivity index (χ2v) is 5.00. The van der Waals surface area contributed by atoms with Crippen molar-refractivity contribution in [3.8, 4) is 11.5 Å². The molecule has 1 rings (SSSR count). The van der Waals surface area contributed by atoms with Crippen molar-refractivity contribution in [1.29, 1.82) is 0 Å². The van der Waals surface area contributed by atoms with Gasteiger partial charge in [-0.2, -0.15) is 0 Å². The van der Waals surface area contributed by atoms with Crippen LogP contribution in [0.3, 0.4) is 0 Å². The Labute approximate surface area is 128 Å². The number of hydrogen-bond donors (Lipinski definition) is 1. The summed E-state index contributed by atoms with van der Waals surface area (Å²) in [7, 11) is 5.33. The van der Waals surface area contributed by atoms with E-state index in [1.807, 2.05) is 32.2 Å². The highest BCUT2D eigenvalue weighted by Gasteiger charge is 2.39. The van der Waals surface area contributed by atoms with E-state index < -0.39 is 0 Å². The van der Waals surface area contributed by atoms with Crippen molar-refractivity contribution in [1.82, 2.24) is 5.32 Å². The van der Waals surface area contributed by atoms with Gasteiger partial charge in [0.1, 0.15) is 11.5 Å². The van der Waals surface area contributed by atoms with Gasteiger partial charge in [-0.3, -0.25) is 0 Å². The van der Waals surface area contributed by atoms with Gasteiger partial charge in [-0.25, -0.2) is 0 Å². The summed E-state index contributed by atoms with van der Waals surface area (Å²) in [5.74, 6) is 1.64. The zero-order valence-electron chi connectivity index (χ0n) is 14.2. The van der Waals surface area contributed by atoms with Gasteiger partial charge in [0.2, 0.25) is 0 Å². The maximum atomic E-state index is 6.16. The molecular formula is C17H29NO3. The van der Waals surface area contributed by atoms with E-state index in [9.17, 15) is 0 Å². The molecule has 4 heteroatoms. The van der Waals surface area contributed by atoms with E-state index in [4.69, 9.17) is 14.2 Å². The third-order valence-electron chi connectivity index (χ3n) is 4.20. The first-order valence-electron chi connectivity index (χ1n) is 7.66. The van der Waals surface area contributed by atoms with Crippen molar-refractivity contribution < 1.29 is 14.2 Å². The molecule has 1 atom stereocenters. The molecule has 0 aliphatic carbocycles. The summed E-state index contributed by atoms with van der Waals surface area (Å²) in [6, 6.07) is 5.86. The lowest BCUT2D eigenvalue weighted by Crippen LogP contribution is -2.44. The number of rotatable bonds is 9. The van der Waals surface area contributed by atoms with Gasteiger partial charge in [-0.1, -0.05) is 19.9 Å². The Morgan fingerprint density at radius 3 is 1.90 bits per heavy atom. The fourth-order valence-corrected chi connectivity index (χ4v) is 3.07. The fraction of sp³-hybridized carbons (Fsp3) is 0.647. The second kappa shape index (κ2) is 8.25. The Morgan fingerprint density at radius 2 is 1.57 bits per heavy atom. The summed E-state index contributed by atoms with van der Waals surface area (Å²) in [5, 5.41) is 3.41. The van der Waals surface area contributed by atoms with E-state index in [0.717, 1.165) is 29.9 Å². The lowest BCUT2D eigenvalue weighted by atomic mass is 9.83. The second-order valence-electron chi connectivity index (χ2n) is 5.00. The van der Waals surface area contributed by atoms with Crippen LogP contribution in [-0.2, 0) is 4.74 Å². The highest BCUT2D eigenvalue weighted by molar-refractivity contribution is 5.48. The van der Waals surface area contributed by atoms with Crippen LogP contribution in [0.5, 0.6) is 11.5 Å². The quantitative estimate of drug-likeness (QED) is 0.756. The van der Waals surface area contributed by atoms with Crippen LogP contribution in [0.2, 0.25) is 0 Å². The van der Waals surface area contributed by atoms with Crippen LogP contribution in [-0.4, -0.2) is 33.5 Å². The molecule has 0 aliphatic rings. The van der Waals surface area contributed by atoms with Gasteiger partial charge < -0.3 is 19.5 Å². The topological polar surface area (TPSA) is 39.7 Å². The van der Waals surface area contributed by atoms with E-state index in [1.165, 1.54) is 0 Å². The minimum Gasteiger partial charge on any atom is -0.496 e. The van der Waals surface area contributed by atoms with Gasteiger partial charge in [-0.15, -0.1) is 0 Å². The van der Waals surface area contributed by atoms with E-state index >= 15 is 0 Å². The molecule has 0 aliphatic heterocycles. The third kappa shape index (κ3) is 3.50. The molecule has 0 amide bonds. The van der Waals surface area contributed by atoms with Gasteiger partial charge >= 0.3 is 0 Å². The van der Waals surface area contributed by atoms with Crippen LogP contribution in [0.15, 0.2) is 18.2 Å². The minimum absolute atomic E-state index is 0.00134. The molecule has 0 saturated heterocycles. The summed E-state index contributed by atoms with van der Waals surface area (Å²) in [4.78, 5) is 0. The molecular weight excluding hydrogens is 266 g/mol. The third-order valence-corrected chi connectivity index (χ3v) is 4.20. The fourth-order valence-electron chi connectivity index (χ4n) is 3.07. The Hall–Kier alpha value is -1.26. The molecule has 1 N–H and O–H groups in total. The van der Waals surface area contributed by atoms with E-state index in [0.29, 0.717) is 6.61 Å². The maximum absolute atomic E-state index is 6.16. The highest BCUT2D eigenvalue weighted by Crippen LogP contribution is 2.43. The van der Waals surface area contributed by atoms with Crippen molar-refractivity contribution in [2.45, 2.75) is 45.3 Å². The highest BCUT2D eigenvalue weighted by atomic mass is 16.5. The lowest BCUT2D eigenvalue weighted by Gasteiger charge is -2.40. The maximum Gasteiger partial charge on any atom is 0.127 e. The monoisotopic (exact) mass is 295 g/mol. The SMILES string of the molecule is CCOC(CC)(CC)C(NC)c1c(OC)cccc1OC. The molecule has 0 fully saturated rings. The standard InChI is InChI=1S/C17H29NO3/c1-7-17(8-2,21-9-3)16(18-4)15-13(19-5)11-10-12-14(15)20-6/h10-12,16,18H,7-9H2,1-6H3. The summed E-state index contributed by atoms with van der Waals surface area (Å²) in [6.07, 6.45) is 1.81. The van der Waals surface area contributed by atoms with Crippen molar-refractivity contribution in [3.63, 3.8) is 0 Å². The number of nitrogens with one attached hydrogen (secondary N) is 1. The molecule has 1 aromatic carbocycles. The molecule has 0 saturated carbocycles. The predicted molar refractivity (Wildman–Crippen MR) is 86.3 cm³/mol. The molecule has 1 aromatic rings. The number of methoxy groups -OCH3 is 2. The van der Waals surface area contributed by atoms with Crippen molar-refractivity contribution in [2.24, 2.45) is 0 Å². The molecule has 0 heterocycles. The van der Waals surface area contributed by atoms with Crippen LogP contribution in [0.4, 0.5) is 0 Å². The first kappa shape index (κ1) is 17.8. The summed E-state index contributed by atoms with van der Waals surface area (Å²) < 4.78 is 17.3. The Balaban J connectivity index is 3.43. The summed E-state index contributed by atoms with van der Waals surface area (Å²) in [5.41, 5.74) is 0.730. The molecule has 0 spiro atoms. The normalized spacial score (nSPS) is 13.0.